The minimum atomic E-state index is 0. The molecule has 0 amide bonds. The molecule has 16 rings (SSSR count). The van der Waals surface area contributed by atoms with Gasteiger partial charge in [0.2, 0.25) is 0 Å². The Bertz CT molecular complexity index is 4470. The summed E-state index contributed by atoms with van der Waals surface area (Å²) >= 11 is 3.11. The fraction of sp³-hybridized carbons (Fsp3) is 0.0930. The number of benzene rings is 12. The van der Waals surface area contributed by atoms with Crippen LogP contribution in [0.1, 0.15) is 49.9 Å². The van der Waals surface area contributed by atoms with Crippen molar-refractivity contribution >= 4 is 92.6 Å². The van der Waals surface area contributed by atoms with Gasteiger partial charge in [-0.15, -0.1) is 138 Å². The van der Waals surface area contributed by atoms with Crippen molar-refractivity contribution < 1.29 is 73.3 Å². The average molecular weight is 1360 g/mol. The second-order valence-electron chi connectivity index (χ2n) is 23.5. The van der Waals surface area contributed by atoms with Gasteiger partial charge in [-0.25, -0.2) is 0 Å². The van der Waals surface area contributed by atoms with Crippen LogP contribution in [0.5, 0.6) is 0 Å². The van der Waals surface area contributed by atoms with Gasteiger partial charge in [0.25, 0.3) is 0 Å². The molecule has 0 atom stereocenters. The third-order valence-electron chi connectivity index (χ3n) is 15.9. The summed E-state index contributed by atoms with van der Waals surface area (Å²) in [5, 5.41) is 21.2. The standard InChI is InChI=1S/4C20H15.2C3H6.2ClH.2Zr/c4*1-14-12-16-8-5-11-19(20(16)13-14)18-10-4-7-15-6-2-3-9-17(15)18;2*1-3-2;;;;/h4*2-13H,1H3;2*1-2H3;2*1H;;/q4*-1;;;;;2*+2/p-2. The van der Waals surface area contributed by atoms with Crippen LogP contribution in [0.4, 0.5) is 0 Å². The van der Waals surface area contributed by atoms with Crippen molar-refractivity contribution in [1.29, 1.82) is 0 Å². The molecule has 0 unspecified atom stereocenters. The summed E-state index contributed by atoms with van der Waals surface area (Å²) in [5.74, 6) is 0. The molecule has 0 aliphatic rings. The largest absolute Gasteiger partial charge is 1.00 e. The Labute approximate surface area is 573 Å². The molecule has 0 fully saturated rings. The van der Waals surface area contributed by atoms with Gasteiger partial charge in [0.05, 0.1) is 0 Å². The zero-order chi connectivity index (χ0) is 61.3. The molecule has 0 saturated heterocycles. The van der Waals surface area contributed by atoms with Gasteiger partial charge in [0.1, 0.15) is 0 Å². The Balaban J connectivity index is 0.000000136. The zero-order valence-electron chi connectivity index (χ0n) is 52.5. The summed E-state index contributed by atoms with van der Waals surface area (Å²) in [7, 11) is 0. The third-order valence-corrected chi connectivity index (χ3v) is 15.9. The van der Waals surface area contributed by atoms with E-state index in [1.165, 1.54) is 159 Å². The molecule has 16 aromatic carbocycles. The first-order valence-corrected chi connectivity index (χ1v) is 32.8. The Hall–Kier alpha value is -7.79. The van der Waals surface area contributed by atoms with Crippen LogP contribution in [0, 0.1) is 27.7 Å². The Morgan fingerprint density at radius 1 is 0.222 bits per heavy atom. The molecule has 0 spiro atoms. The molecule has 0 N–H and O–H groups in total. The number of aryl methyl sites for hydroxylation is 4. The van der Waals surface area contributed by atoms with E-state index in [4.69, 9.17) is 0 Å². The maximum atomic E-state index is 2.28. The van der Waals surface area contributed by atoms with E-state index in [1.54, 1.807) is 48.5 Å². The summed E-state index contributed by atoms with van der Waals surface area (Å²) in [4.78, 5) is 0. The van der Waals surface area contributed by atoms with E-state index in [-0.39, 0.29) is 24.8 Å². The van der Waals surface area contributed by atoms with Crippen LogP contribution >= 0.6 is 0 Å². The van der Waals surface area contributed by atoms with Crippen molar-refractivity contribution in [2.45, 2.75) is 55.4 Å². The molecule has 0 radical (unpaired) electrons. The summed E-state index contributed by atoms with van der Waals surface area (Å²) in [5.41, 5.74) is 15.9. The fourth-order valence-corrected chi connectivity index (χ4v) is 12.3. The van der Waals surface area contributed by atoms with Crippen LogP contribution in [-0.4, -0.2) is 6.41 Å². The SMILES string of the molecule is C[C](C)=[Zr+2].C[C](C)=[Zr+2].Cc1cc2c(-c3cccc4ccccc34)cccc2[cH-]1.Cc1cc2c(-c3cccc4ccccc34)cccc2[cH-]1.Cc1cc2c(-c3cccc4ccccc34)cccc2[cH-]1.Cc1cc2c(-c3cccc4ccccc34)cccc2[cH-]1.[Cl-].[Cl-]. The first-order valence-electron chi connectivity index (χ1n) is 30.4. The van der Waals surface area contributed by atoms with Crippen molar-refractivity contribution in [2.75, 3.05) is 0 Å². The Morgan fingerprint density at radius 3 is 0.578 bits per heavy atom. The van der Waals surface area contributed by atoms with Crippen molar-refractivity contribution in [1.82, 2.24) is 0 Å². The summed E-state index contributed by atoms with van der Waals surface area (Å²) in [6.07, 6.45) is 0. The van der Waals surface area contributed by atoms with Crippen LogP contribution < -0.4 is 24.8 Å². The average Bonchev–Trinajstić information content (AvgIpc) is 1.52. The predicted octanol–water partition coefficient (Wildman–Crippen LogP) is 18.2. The summed E-state index contributed by atoms with van der Waals surface area (Å²) < 4.78 is 3.01. The first-order chi connectivity index (χ1) is 42.8. The zero-order valence-corrected chi connectivity index (χ0v) is 58.9. The van der Waals surface area contributed by atoms with E-state index in [0.29, 0.717) is 0 Å². The van der Waals surface area contributed by atoms with E-state index in [1.807, 2.05) is 0 Å². The molecular formula is C86H72Cl2Zr2-2. The molecule has 0 aliphatic heterocycles. The summed E-state index contributed by atoms with van der Waals surface area (Å²) in [6.45, 7) is 17.1. The van der Waals surface area contributed by atoms with Gasteiger partial charge >= 0.3 is 82.6 Å². The van der Waals surface area contributed by atoms with Gasteiger partial charge < -0.3 is 24.8 Å². The second-order valence-corrected chi connectivity index (χ2v) is 28.4. The molecule has 0 aliphatic carbocycles. The van der Waals surface area contributed by atoms with E-state index in [0.717, 1.165) is 0 Å². The quantitative estimate of drug-likeness (QED) is 0.154. The van der Waals surface area contributed by atoms with Gasteiger partial charge in [0, 0.05) is 0 Å². The van der Waals surface area contributed by atoms with E-state index >= 15 is 0 Å². The fourth-order valence-electron chi connectivity index (χ4n) is 12.3. The molecule has 0 nitrogen and oxygen atoms in total. The maximum Gasteiger partial charge on any atom is -0.0114 e. The van der Waals surface area contributed by atoms with Crippen molar-refractivity contribution in [3.05, 3.63) is 313 Å². The third kappa shape index (κ3) is 15.5. The van der Waals surface area contributed by atoms with E-state index in [2.05, 4.69) is 347 Å². The Morgan fingerprint density at radius 2 is 0.378 bits per heavy atom. The minimum absolute atomic E-state index is 0. The topological polar surface area (TPSA) is 0 Å². The monoisotopic (exact) mass is 1350 g/mol. The van der Waals surface area contributed by atoms with Gasteiger partial charge in [-0.05, 0) is 65.3 Å². The van der Waals surface area contributed by atoms with E-state index in [9.17, 15) is 0 Å². The molecule has 0 bridgehead atoms. The van der Waals surface area contributed by atoms with Crippen LogP contribution in [0.2, 0.25) is 0 Å². The molecule has 0 aromatic heterocycles. The maximum absolute atomic E-state index is 2.28. The van der Waals surface area contributed by atoms with Crippen LogP contribution in [0.3, 0.4) is 0 Å². The minimum Gasteiger partial charge on any atom is -1.00 e. The van der Waals surface area contributed by atoms with Gasteiger partial charge in [0.15, 0.2) is 0 Å². The molecule has 0 heterocycles. The number of halogens is 2. The molecule has 16 aromatic rings. The van der Waals surface area contributed by atoms with Crippen molar-refractivity contribution in [3.63, 3.8) is 0 Å². The van der Waals surface area contributed by atoms with Crippen LogP contribution in [-0.2, 0) is 48.5 Å². The number of fused-ring (bicyclic) bond motifs is 8. The van der Waals surface area contributed by atoms with Gasteiger partial charge in [-0.2, -0.15) is 24.3 Å². The smallest absolute Gasteiger partial charge is 0.0114 e. The summed E-state index contributed by atoms with van der Waals surface area (Å²) in [6, 6.07) is 105. The molecule has 4 heteroatoms. The predicted molar refractivity (Wildman–Crippen MR) is 382 cm³/mol. The van der Waals surface area contributed by atoms with Gasteiger partial charge in [-0.1, -0.05) is 244 Å². The van der Waals surface area contributed by atoms with Gasteiger partial charge in [-0.3, -0.25) is 0 Å². The molecular weight excluding hydrogens is 1290 g/mol. The molecule has 0 saturated carbocycles. The van der Waals surface area contributed by atoms with Crippen LogP contribution in [0.15, 0.2) is 291 Å². The van der Waals surface area contributed by atoms with E-state index < -0.39 is 0 Å². The Kier molecular flexibility index (Phi) is 22.8. The molecule has 90 heavy (non-hydrogen) atoms. The number of hydrogen-bond acceptors (Lipinski definition) is 0. The van der Waals surface area contributed by atoms with Crippen molar-refractivity contribution in [3.8, 4) is 44.5 Å². The van der Waals surface area contributed by atoms with Crippen LogP contribution in [0.25, 0.3) is 131 Å². The molecule has 440 valence electrons. The second kappa shape index (κ2) is 30.8. The van der Waals surface area contributed by atoms with Crippen molar-refractivity contribution in [2.24, 2.45) is 0 Å². The number of hydrogen-bond donors (Lipinski definition) is 0. The number of rotatable bonds is 4. The normalized spacial score (nSPS) is 10.6. The first kappa shape index (κ1) is 66.6.